The molecule has 0 unspecified atom stereocenters. The molecule has 8 heteroatoms. The minimum absolute atomic E-state index is 0.151. The summed E-state index contributed by atoms with van der Waals surface area (Å²) in [5.41, 5.74) is 2.40. The fourth-order valence-corrected chi connectivity index (χ4v) is 4.56. The molecule has 31 heavy (non-hydrogen) atoms. The number of benzene rings is 1. The molecule has 1 atom stereocenters. The summed E-state index contributed by atoms with van der Waals surface area (Å²) in [4.78, 5) is 32.8. The van der Waals surface area contributed by atoms with Crippen LogP contribution in [-0.2, 0) is 34.8 Å². The molecule has 2 aliphatic heterocycles. The molecule has 0 amide bonds. The van der Waals surface area contributed by atoms with E-state index in [1.807, 2.05) is 25.1 Å². The van der Waals surface area contributed by atoms with Gasteiger partial charge in [-0.2, -0.15) is 0 Å². The zero-order chi connectivity index (χ0) is 23.5. The van der Waals surface area contributed by atoms with Crippen molar-refractivity contribution in [3.63, 3.8) is 0 Å². The van der Waals surface area contributed by atoms with Gasteiger partial charge < -0.3 is 24.4 Å². The minimum Gasteiger partial charge on any atom is -0.508 e. The third-order valence-electron chi connectivity index (χ3n) is 6.20. The van der Waals surface area contributed by atoms with Crippen LogP contribution in [0.3, 0.4) is 0 Å². The average Bonchev–Trinajstić information content (AvgIpc) is 3.16. The number of carbonyl (C=O) groups is 1. The Morgan fingerprint density at radius 1 is 1.32 bits per heavy atom. The van der Waals surface area contributed by atoms with Gasteiger partial charge in [-0.1, -0.05) is 6.92 Å². The number of aromatic hydroxyl groups is 1. The van der Waals surface area contributed by atoms with Crippen LogP contribution in [0.2, 0.25) is 0 Å². The highest BCUT2D eigenvalue weighted by atomic mass is 16.6. The first kappa shape index (κ1) is 17.5. The van der Waals surface area contributed by atoms with Crippen molar-refractivity contribution in [1.82, 2.24) is 14.5 Å². The summed E-state index contributed by atoms with van der Waals surface area (Å²) in [7, 11) is 3.87. The highest BCUT2D eigenvalue weighted by Gasteiger charge is 2.45. The van der Waals surface area contributed by atoms with Crippen LogP contribution < -0.4 is 5.56 Å². The summed E-state index contributed by atoms with van der Waals surface area (Å²) in [6.45, 7) is 2.45. The molecule has 8 nitrogen and oxygen atoms in total. The Labute approximate surface area is 181 Å². The maximum absolute atomic E-state index is 13.4. The molecule has 4 heterocycles. The summed E-state index contributed by atoms with van der Waals surface area (Å²) in [6, 6.07) is 7.23. The lowest BCUT2D eigenvalue weighted by atomic mass is 9.86. The van der Waals surface area contributed by atoms with E-state index in [1.165, 1.54) is 0 Å². The standard InChI is InChI=1S/C23H23N3O5/c1-4-23(30)16-8-18-20-12(9-26(18)21(28)15(16)11-31-22(23)29)7-13-14(10-25(2)3)19(27)6-5-17(13)24-20/h5-8,27,30H,4,9-11H2,1-3H3/t23-/m0/s1/i30D/hD. The lowest BCUT2D eigenvalue weighted by Crippen LogP contribution is -2.44. The quantitative estimate of drug-likeness (QED) is 0.472. The molecular formula is C23H23N3O5. The maximum atomic E-state index is 13.4. The molecule has 0 radical (unpaired) electrons. The number of pyridine rings is 2. The number of phenolic OH excluding ortho intramolecular Hbond substituents is 1. The van der Waals surface area contributed by atoms with Crippen molar-refractivity contribution in [3.05, 3.63) is 56.9 Å². The predicted molar refractivity (Wildman–Crippen MR) is 114 cm³/mol. The van der Waals surface area contributed by atoms with Crippen LogP contribution in [0, 0.1) is 0 Å². The number of aromatic nitrogens is 2. The molecule has 2 N–H and O–H groups in total. The van der Waals surface area contributed by atoms with Crippen LogP contribution in [0.5, 0.6) is 5.75 Å². The summed E-state index contributed by atoms with van der Waals surface area (Å²) in [6.07, 6.45) is 0.160. The topological polar surface area (TPSA) is 105 Å². The molecule has 0 fully saturated rings. The van der Waals surface area contributed by atoms with Gasteiger partial charge in [0.1, 0.15) is 12.4 Å². The molecule has 1 aromatic carbocycles. The molecule has 0 saturated carbocycles. The van der Waals surface area contributed by atoms with E-state index in [9.17, 15) is 9.59 Å². The zero-order valence-electron chi connectivity index (χ0n) is 19.5. The lowest BCUT2D eigenvalue weighted by Gasteiger charge is -2.31. The average molecular weight is 423 g/mol. The van der Waals surface area contributed by atoms with Gasteiger partial charge in [0.15, 0.2) is 5.60 Å². The predicted octanol–water partition coefficient (Wildman–Crippen LogP) is 1.85. The number of ether oxygens (including phenoxy) is 1. The Bertz CT molecular complexity index is 1360. The Balaban J connectivity index is 1.75. The normalized spacial score (nSPS) is 20.1. The Kier molecular flexibility index (Phi) is 3.73. The number of carbonyl (C=O) groups excluding carboxylic acids is 1. The van der Waals surface area contributed by atoms with Crippen molar-refractivity contribution in [2.45, 2.75) is 38.6 Å². The van der Waals surface area contributed by atoms with Crippen molar-refractivity contribution in [2.24, 2.45) is 0 Å². The summed E-state index contributed by atoms with van der Waals surface area (Å²) < 4.78 is 21.8. The van der Waals surface area contributed by atoms with E-state index in [2.05, 4.69) is 0 Å². The van der Waals surface area contributed by atoms with Crippen molar-refractivity contribution in [1.29, 1.82) is 2.86 Å². The van der Waals surface area contributed by atoms with Gasteiger partial charge in [-0.05, 0) is 44.8 Å². The Hall–Kier alpha value is -3.23. The van der Waals surface area contributed by atoms with E-state index in [-0.39, 0.29) is 18.6 Å². The number of nitrogens with zero attached hydrogens (tertiary/aromatic N) is 3. The van der Waals surface area contributed by atoms with Crippen molar-refractivity contribution in [3.8, 4) is 17.1 Å². The van der Waals surface area contributed by atoms with E-state index in [1.54, 1.807) is 29.7 Å². The molecule has 0 aliphatic carbocycles. The molecular weight excluding hydrogens is 398 g/mol. The van der Waals surface area contributed by atoms with Crippen LogP contribution in [0.1, 0.15) is 35.6 Å². The van der Waals surface area contributed by atoms with Crippen molar-refractivity contribution in [2.75, 3.05) is 14.1 Å². The molecule has 0 bridgehead atoms. The molecule has 5 rings (SSSR count). The van der Waals surface area contributed by atoms with Gasteiger partial charge in [-0.25, -0.2) is 9.78 Å². The van der Waals surface area contributed by atoms with Gasteiger partial charge in [0, 0.05) is 28.6 Å². The summed E-state index contributed by atoms with van der Waals surface area (Å²) in [5.74, 6) is -0.213. The second-order valence-corrected chi connectivity index (χ2v) is 8.41. The van der Waals surface area contributed by atoms with Crippen molar-refractivity contribution < 1.29 is 19.7 Å². The second-order valence-electron chi connectivity index (χ2n) is 8.41. The summed E-state index contributed by atoms with van der Waals surface area (Å²) >= 11 is 0. The fourth-order valence-electron chi connectivity index (χ4n) is 4.56. The maximum Gasteiger partial charge on any atom is 0.343 e. The third-order valence-corrected chi connectivity index (χ3v) is 6.20. The van der Waals surface area contributed by atoms with E-state index in [4.69, 9.17) is 22.8 Å². The molecule has 0 spiro atoms. The van der Waals surface area contributed by atoms with Gasteiger partial charge in [-0.15, -0.1) is 0 Å². The van der Waals surface area contributed by atoms with Crippen LogP contribution in [0.15, 0.2) is 29.1 Å². The smallest absolute Gasteiger partial charge is 0.343 e. The first-order chi connectivity index (χ1) is 15.8. The number of fused-ring (bicyclic) bond motifs is 5. The van der Waals surface area contributed by atoms with Crippen LogP contribution in [0.25, 0.3) is 22.3 Å². The third kappa shape index (κ3) is 2.72. The van der Waals surface area contributed by atoms with E-state index < -0.39 is 11.6 Å². The van der Waals surface area contributed by atoms with Gasteiger partial charge >= 0.3 is 5.97 Å². The summed E-state index contributed by atoms with van der Waals surface area (Å²) in [5, 5.41) is 10.6. The molecule has 2 aromatic heterocycles. The van der Waals surface area contributed by atoms with E-state index in [0.29, 0.717) is 46.9 Å². The molecule has 2 aliphatic rings. The number of phenols is 1. The van der Waals surface area contributed by atoms with Gasteiger partial charge in [-0.3, -0.25) is 4.79 Å². The first-order valence-corrected chi connectivity index (χ1v) is 10.2. The van der Waals surface area contributed by atoms with Crippen molar-refractivity contribution >= 4 is 16.9 Å². The zero-order valence-corrected chi connectivity index (χ0v) is 17.5. The van der Waals surface area contributed by atoms with Gasteiger partial charge in [0.25, 0.3) is 6.99 Å². The monoisotopic (exact) mass is 423 g/mol. The Morgan fingerprint density at radius 3 is 2.87 bits per heavy atom. The number of aliphatic hydroxyl groups is 1. The number of esters is 1. The SMILES string of the molecule is [2H]Oc1ccc2nc3c(cc2c1CN(C)C)Cn1c-3cc2c(c1=O)COC(=O)[C@@]2(CC)O[2H]. The highest BCUT2D eigenvalue weighted by Crippen LogP contribution is 2.39. The Morgan fingerprint density at radius 2 is 2.16 bits per heavy atom. The highest BCUT2D eigenvalue weighted by molar-refractivity contribution is 5.89. The largest absolute Gasteiger partial charge is 0.508 e. The first-order valence-electron chi connectivity index (χ1n) is 11.0. The molecule has 3 aromatic rings. The van der Waals surface area contributed by atoms with Gasteiger partial charge in [0.2, 0.25) is 1.43 Å². The fraction of sp³-hybridized carbons (Fsp3) is 0.348. The second kappa shape index (κ2) is 6.63. The minimum atomic E-state index is -1.64. The van der Waals surface area contributed by atoms with E-state index >= 15 is 0 Å². The number of cyclic esters (lactones) is 1. The van der Waals surface area contributed by atoms with Gasteiger partial charge in [0.05, 0.1) is 29.0 Å². The van der Waals surface area contributed by atoms with Crippen LogP contribution in [-0.4, -0.2) is 47.6 Å². The number of rotatable bonds is 5. The molecule has 0 saturated heterocycles. The molecule has 160 valence electrons. The lowest BCUT2D eigenvalue weighted by molar-refractivity contribution is -0.172. The van der Waals surface area contributed by atoms with Crippen LogP contribution in [0.4, 0.5) is 0 Å². The van der Waals surface area contributed by atoms with Crippen LogP contribution >= 0.6 is 0 Å². The number of hydrogen-bond donors (Lipinski definition) is 2. The van der Waals surface area contributed by atoms with E-state index in [0.717, 1.165) is 16.5 Å². The number of hydrogen-bond acceptors (Lipinski definition) is 7.